The van der Waals surface area contributed by atoms with Crippen LogP contribution in [0.15, 0.2) is 42.5 Å². The Hall–Kier alpha value is -2.93. The number of benzene rings is 2. The summed E-state index contributed by atoms with van der Waals surface area (Å²) in [5, 5.41) is 3.27. The topological polar surface area (TPSA) is 69.7 Å². The van der Waals surface area contributed by atoms with Gasteiger partial charge in [-0.25, -0.2) is 4.39 Å². The molecule has 1 unspecified atom stereocenters. The van der Waals surface area contributed by atoms with E-state index in [1.165, 1.54) is 21.9 Å². The van der Waals surface area contributed by atoms with Crippen LogP contribution in [0, 0.1) is 18.7 Å². The van der Waals surface area contributed by atoms with Gasteiger partial charge in [-0.15, -0.1) is 0 Å². The second kappa shape index (κ2) is 9.26. The van der Waals surface area contributed by atoms with Gasteiger partial charge in [0, 0.05) is 30.2 Å². The molecule has 3 amide bonds. The Labute approximate surface area is 179 Å². The highest BCUT2D eigenvalue weighted by Gasteiger charge is 2.38. The van der Waals surface area contributed by atoms with Gasteiger partial charge in [0.05, 0.1) is 18.2 Å². The molecule has 2 aromatic rings. The van der Waals surface area contributed by atoms with Crippen molar-refractivity contribution >= 4 is 40.7 Å². The van der Waals surface area contributed by atoms with Crippen molar-refractivity contribution in [1.29, 1.82) is 0 Å². The lowest BCUT2D eigenvalue weighted by molar-refractivity contribution is -0.138. The average molecular weight is 432 g/mol. The van der Waals surface area contributed by atoms with E-state index < -0.39 is 11.7 Å². The predicted octanol–water partition coefficient (Wildman–Crippen LogP) is 3.63. The molecule has 8 heteroatoms. The van der Waals surface area contributed by atoms with E-state index in [4.69, 9.17) is 11.6 Å². The van der Waals surface area contributed by atoms with Crippen molar-refractivity contribution in [3.8, 4) is 0 Å². The van der Waals surface area contributed by atoms with Crippen LogP contribution in [0.3, 0.4) is 0 Å². The van der Waals surface area contributed by atoms with Gasteiger partial charge in [0.2, 0.25) is 17.7 Å². The van der Waals surface area contributed by atoms with E-state index in [0.29, 0.717) is 17.3 Å². The van der Waals surface area contributed by atoms with Crippen LogP contribution in [-0.2, 0) is 14.4 Å². The van der Waals surface area contributed by atoms with E-state index in [2.05, 4.69) is 5.32 Å². The van der Waals surface area contributed by atoms with Crippen LogP contribution in [0.25, 0.3) is 0 Å². The standard InChI is InChI=1S/C22H23ClFN3O3/c1-3-26(13-20(28)25-18-11-16(23)9-8-14(18)2)22(30)15-10-21(29)27(12-15)19-7-5-4-6-17(19)24/h4-9,11,15H,3,10,12-13H2,1-2H3,(H,25,28). The van der Waals surface area contributed by atoms with E-state index in [-0.39, 0.29) is 42.9 Å². The van der Waals surface area contributed by atoms with Crippen LogP contribution >= 0.6 is 11.6 Å². The van der Waals surface area contributed by atoms with E-state index in [9.17, 15) is 18.8 Å². The number of likely N-dealkylation sites (N-methyl/N-ethyl adjacent to an activating group) is 1. The molecule has 6 nitrogen and oxygen atoms in total. The van der Waals surface area contributed by atoms with Crippen molar-refractivity contribution in [2.24, 2.45) is 5.92 Å². The van der Waals surface area contributed by atoms with Gasteiger partial charge in [-0.05, 0) is 43.7 Å². The number of nitrogens with one attached hydrogen (secondary N) is 1. The van der Waals surface area contributed by atoms with Gasteiger partial charge in [-0.3, -0.25) is 14.4 Å². The molecule has 0 radical (unpaired) electrons. The molecular weight excluding hydrogens is 409 g/mol. The fourth-order valence-corrected chi connectivity index (χ4v) is 3.64. The lowest BCUT2D eigenvalue weighted by atomic mass is 10.1. The SMILES string of the molecule is CCN(CC(=O)Nc1cc(Cl)ccc1C)C(=O)C1CC(=O)N(c2ccccc2F)C1. The molecule has 1 atom stereocenters. The number of halogens is 2. The smallest absolute Gasteiger partial charge is 0.244 e. The van der Waals surface area contributed by atoms with Crippen LogP contribution < -0.4 is 10.2 Å². The quantitative estimate of drug-likeness (QED) is 0.759. The first kappa shape index (κ1) is 21.8. The third-order valence-corrected chi connectivity index (χ3v) is 5.35. The van der Waals surface area contributed by atoms with E-state index in [1.807, 2.05) is 6.92 Å². The van der Waals surface area contributed by atoms with Gasteiger partial charge in [-0.1, -0.05) is 29.8 Å². The Balaban J connectivity index is 1.66. The first-order valence-corrected chi connectivity index (χ1v) is 10.1. The maximum Gasteiger partial charge on any atom is 0.244 e. The van der Waals surface area contributed by atoms with E-state index in [0.717, 1.165) is 5.56 Å². The number of nitrogens with zero attached hydrogens (tertiary/aromatic N) is 2. The van der Waals surface area contributed by atoms with Crippen LogP contribution in [0.4, 0.5) is 15.8 Å². The lowest BCUT2D eigenvalue weighted by Crippen LogP contribution is -2.42. The maximum absolute atomic E-state index is 14.1. The number of aryl methyl sites for hydroxylation is 1. The van der Waals surface area contributed by atoms with Crippen molar-refractivity contribution in [2.75, 3.05) is 29.9 Å². The molecule has 0 aromatic heterocycles. The van der Waals surface area contributed by atoms with Crippen molar-refractivity contribution in [1.82, 2.24) is 4.90 Å². The summed E-state index contributed by atoms with van der Waals surface area (Å²) in [6, 6.07) is 11.1. The zero-order valence-corrected chi connectivity index (χ0v) is 17.6. The Bertz CT molecular complexity index is 982. The minimum absolute atomic E-state index is 0.0152. The van der Waals surface area contributed by atoms with Gasteiger partial charge in [0.25, 0.3) is 0 Å². The molecule has 0 spiro atoms. The van der Waals surface area contributed by atoms with Gasteiger partial charge < -0.3 is 15.1 Å². The molecule has 30 heavy (non-hydrogen) atoms. The van der Waals surface area contributed by atoms with Gasteiger partial charge >= 0.3 is 0 Å². The lowest BCUT2D eigenvalue weighted by Gasteiger charge is -2.24. The summed E-state index contributed by atoms with van der Waals surface area (Å²) in [7, 11) is 0. The van der Waals surface area contributed by atoms with Crippen LogP contribution in [0.1, 0.15) is 18.9 Å². The molecular formula is C22H23ClFN3O3. The van der Waals surface area contributed by atoms with Gasteiger partial charge in [0.15, 0.2) is 0 Å². The summed E-state index contributed by atoms with van der Waals surface area (Å²) in [4.78, 5) is 40.5. The molecule has 1 heterocycles. The number of amides is 3. The molecule has 158 valence electrons. The fraction of sp³-hybridized carbons (Fsp3) is 0.318. The second-order valence-electron chi connectivity index (χ2n) is 7.22. The van der Waals surface area contributed by atoms with Crippen LogP contribution in [0.5, 0.6) is 0 Å². The highest BCUT2D eigenvalue weighted by atomic mass is 35.5. The molecule has 0 bridgehead atoms. The van der Waals surface area contributed by atoms with Crippen molar-refractivity contribution in [3.63, 3.8) is 0 Å². The third kappa shape index (κ3) is 4.79. The average Bonchev–Trinajstić information content (AvgIpc) is 3.10. The summed E-state index contributed by atoms with van der Waals surface area (Å²) >= 11 is 5.98. The predicted molar refractivity (Wildman–Crippen MR) is 114 cm³/mol. The van der Waals surface area contributed by atoms with E-state index in [1.54, 1.807) is 37.3 Å². The molecule has 1 N–H and O–H groups in total. The highest BCUT2D eigenvalue weighted by Crippen LogP contribution is 2.28. The van der Waals surface area contributed by atoms with Crippen molar-refractivity contribution in [3.05, 3.63) is 58.9 Å². The molecule has 1 aliphatic heterocycles. The summed E-state index contributed by atoms with van der Waals surface area (Å²) < 4.78 is 14.1. The number of para-hydroxylation sites is 1. The zero-order chi connectivity index (χ0) is 21.8. The summed E-state index contributed by atoms with van der Waals surface area (Å²) in [6.45, 7) is 3.86. The summed E-state index contributed by atoms with van der Waals surface area (Å²) in [5.41, 5.74) is 1.59. The van der Waals surface area contributed by atoms with E-state index >= 15 is 0 Å². The van der Waals surface area contributed by atoms with Crippen molar-refractivity contribution < 1.29 is 18.8 Å². The Kier molecular flexibility index (Phi) is 6.72. The number of carbonyl (C=O) groups excluding carboxylic acids is 3. The summed E-state index contributed by atoms with van der Waals surface area (Å²) in [5.74, 6) is -2.11. The fourth-order valence-electron chi connectivity index (χ4n) is 3.47. The monoisotopic (exact) mass is 431 g/mol. The number of carbonyl (C=O) groups is 3. The second-order valence-corrected chi connectivity index (χ2v) is 7.65. The largest absolute Gasteiger partial charge is 0.333 e. The van der Waals surface area contributed by atoms with Crippen LogP contribution in [-0.4, -0.2) is 42.3 Å². The molecule has 0 aliphatic carbocycles. The first-order valence-electron chi connectivity index (χ1n) is 9.69. The molecule has 2 aromatic carbocycles. The number of hydrogen-bond acceptors (Lipinski definition) is 3. The molecule has 3 rings (SSSR count). The Morgan fingerprint density at radius 3 is 2.70 bits per heavy atom. The van der Waals surface area contributed by atoms with Gasteiger partial charge in [0.1, 0.15) is 5.82 Å². The molecule has 0 saturated carbocycles. The minimum Gasteiger partial charge on any atom is -0.333 e. The highest BCUT2D eigenvalue weighted by molar-refractivity contribution is 6.31. The van der Waals surface area contributed by atoms with Gasteiger partial charge in [-0.2, -0.15) is 0 Å². The maximum atomic E-state index is 14.1. The molecule has 1 saturated heterocycles. The molecule has 1 fully saturated rings. The zero-order valence-electron chi connectivity index (χ0n) is 16.8. The normalized spacial score (nSPS) is 15.9. The minimum atomic E-state index is -0.627. The number of rotatable bonds is 6. The molecule has 1 aliphatic rings. The Morgan fingerprint density at radius 2 is 2.00 bits per heavy atom. The first-order chi connectivity index (χ1) is 14.3. The number of hydrogen-bond donors (Lipinski definition) is 1. The van der Waals surface area contributed by atoms with Crippen LogP contribution in [0.2, 0.25) is 5.02 Å². The Morgan fingerprint density at radius 1 is 1.27 bits per heavy atom. The summed E-state index contributed by atoms with van der Waals surface area (Å²) in [6.07, 6.45) is -0.0152. The number of anilines is 2. The third-order valence-electron chi connectivity index (χ3n) is 5.12. The van der Waals surface area contributed by atoms with Crippen molar-refractivity contribution in [2.45, 2.75) is 20.3 Å².